The number of hydrogen-bond acceptors (Lipinski definition) is 1. The number of rotatable bonds is 3. The average Bonchev–Trinajstić information content (AvgIpc) is 2.74. The predicted molar refractivity (Wildman–Crippen MR) is 65.5 cm³/mol. The maximum absolute atomic E-state index is 7.89. The molecule has 0 amide bonds. The Morgan fingerprint density at radius 2 is 1.93 bits per heavy atom. The molecule has 2 nitrogen and oxygen atoms in total. The molecule has 0 saturated heterocycles. The SMILES string of the molecule is N=C(Cc1ccc(Br)cc1)c1ccc[nH]1. The molecule has 0 fully saturated rings. The highest BCUT2D eigenvalue weighted by Crippen LogP contribution is 2.12. The van der Waals surface area contributed by atoms with Crippen molar-refractivity contribution in [2.75, 3.05) is 0 Å². The molecule has 76 valence electrons. The summed E-state index contributed by atoms with van der Waals surface area (Å²) in [5.41, 5.74) is 2.65. The van der Waals surface area contributed by atoms with Crippen LogP contribution in [0.5, 0.6) is 0 Å². The zero-order valence-corrected chi connectivity index (χ0v) is 9.71. The lowest BCUT2D eigenvalue weighted by atomic mass is 10.1. The van der Waals surface area contributed by atoms with Gasteiger partial charge in [-0.05, 0) is 29.8 Å². The first kappa shape index (κ1) is 10.2. The molecule has 0 unspecified atom stereocenters. The van der Waals surface area contributed by atoms with Crippen LogP contribution in [0.25, 0.3) is 0 Å². The van der Waals surface area contributed by atoms with E-state index in [2.05, 4.69) is 20.9 Å². The topological polar surface area (TPSA) is 39.6 Å². The zero-order chi connectivity index (χ0) is 10.7. The molecule has 0 aliphatic heterocycles. The normalized spacial score (nSPS) is 10.2. The number of halogens is 1. The van der Waals surface area contributed by atoms with E-state index in [1.165, 1.54) is 0 Å². The lowest BCUT2D eigenvalue weighted by molar-refractivity contribution is 1.23. The third-order valence-corrected chi connectivity index (χ3v) is 2.75. The summed E-state index contributed by atoms with van der Waals surface area (Å²) in [5.74, 6) is 0. The summed E-state index contributed by atoms with van der Waals surface area (Å²) in [6.45, 7) is 0. The summed E-state index contributed by atoms with van der Waals surface area (Å²) in [7, 11) is 0. The van der Waals surface area contributed by atoms with E-state index in [1.807, 2.05) is 42.6 Å². The first-order valence-electron chi connectivity index (χ1n) is 4.71. The van der Waals surface area contributed by atoms with Gasteiger partial charge in [-0.15, -0.1) is 0 Å². The Labute approximate surface area is 97.0 Å². The number of nitrogens with one attached hydrogen (secondary N) is 2. The molecule has 1 aromatic heterocycles. The molecule has 15 heavy (non-hydrogen) atoms. The van der Waals surface area contributed by atoms with Crippen molar-refractivity contribution in [3.8, 4) is 0 Å². The van der Waals surface area contributed by atoms with Crippen molar-refractivity contribution in [3.63, 3.8) is 0 Å². The molecule has 3 heteroatoms. The van der Waals surface area contributed by atoms with E-state index < -0.39 is 0 Å². The second kappa shape index (κ2) is 4.45. The number of aromatic nitrogens is 1. The van der Waals surface area contributed by atoms with Crippen LogP contribution in [0, 0.1) is 5.41 Å². The first-order chi connectivity index (χ1) is 7.25. The zero-order valence-electron chi connectivity index (χ0n) is 8.13. The van der Waals surface area contributed by atoms with Crippen LogP contribution >= 0.6 is 15.9 Å². The fraction of sp³-hybridized carbons (Fsp3) is 0.0833. The summed E-state index contributed by atoms with van der Waals surface area (Å²) >= 11 is 3.39. The van der Waals surface area contributed by atoms with Crippen LogP contribution in [-0.4, -0.2) is 10.7 Å². The average molecular weight is 263 g/mol. The first-order valence-corrected chi connectivity index (χ1v) is 5.50. The van der Waals surface area contributed by atoms with Crippen LogP contribution in [0.1, 0.15) is 11.3 Å². The summed E-state index contributed by atoms with van der Waals surface area (Å²) in [5, 5.41) is 7.89. The van der Waals surface area contributed by atoms with Crippen LogP contribution < -0.4 is 0 Å². The second-order valence-electron chi connectivity index (χ2n) is 3.37. The lowest BCUT2D eigenvalue weighted by Crippen LogP contribution is -2.03. The number of H-pyrrole nitrogens is 1. The van der Waals surface area contributed by atoms with E-state index in [9.17, 15) is 0 Å². The van der Waals surface area contributed by atoms with Crippen molar-refractivity contribution < 1.29 is 0 Å². The van der Waals surface area contributed by atoms with Gasteiger partial charge in [-0.3, -0.25) is 0 Å². The molecule has 0 bridgehead atoms. The molecule has 0 aliphatic carbocycles. The number of hydrogen-bond donors (Lipinski definition) is 2. The van der Waals surface area contributed by atoms with Gasteiger partial charge in [-0.2, -0.15) is 0 Å². The number of aromatic amines is 1. The van der Waals surface area contributed by atoms with Gasteiger partial charge < -0.3 is 10.4 Å². The molecule has 0 radical (unpaired) electrons. The standard InChI is InChI=1S/C12H11BrN2/c13-10-5-3-9(4-6-10)8-11(14)12-2-1-7-15-12/h1-7,14-15H,8H2. The van der Waals surface area contributed by atoms with Crippen molar-refractivity contribution in [3.05, 3.63) is 58.3 Å². The minimum atomic E-state index is 0.613. The number of benzene rings is 1. The molecule has 1 heterocycles. The molecule has 2 aromatic rings. The molecule has 2 rings (SSSR count). The van der Waals surface area contributed by atoms with Gasteiger partial charge in [0.05, 0.1) is 11.4 Å². The minimum Gasteiger partial charge on any atom is -0.360 e. The third-order valence-electron chi connectivity index (χ3n) is 2.22. The molecule has 0 atom stereocenters. The van der Waals surface area contributed by atoms with Crippen molar-refractivity contribution >= 4 is 21.6 Å². The largest absolute Gasteiger partial charge is 0.360 e. The summed E-state index contributed by atoms with van der Waals surface area (Å²) in [4.78, 5) is 3.03. The van der Waals surface area contributed by atoms with Crippen LogP contribution in [0.4, 0.5) is 0 Å². The van der Waals surface area contributed by atoms with E-state index in [1.54, 1.807) is 0 Å². The van der Waals surface area contributed by atoms with Crippen LogP contribution in [-0.2, 0) is 6.42 Å². The van der Waals surface area contributed by atoms with Gasteiger partial charge in [0.15, 0.2) is 0 Å². The van der Waals surface area contributed by atoms with E-state index in [0.29, 0.717) is 12.1 Å². The summed E-state index contributed by atoms with van der Waals surface area (Å²) in [6.07, 6.45) is 2.50. The van der Waals surface area contributed by atoms with Crippen LogP contribution in [0.15, 0.2) is 47.1 Å². The van der Waals surface area contributed by atoms with Gasteiger partial charge in [0.25, 0.3) is 0 Å². The third kappa shape index (κ3) is 2.57. The Kier molecular flexibility index (Phi) is 3.02. The van der Waals surface area contributed by atoms with Gasteiger partial charge in [0, 0.05) is 17.1 Å². The lowest BCUT2D eigenvalue weighted by Gasteiger charge is -2.02. The molecule has 2 N–H and O–H groups in total. The second-order valence-corrected chi connectivity index (χ2v) is 4.28. The fourth-order valence-corrected chi connectivity index (χ4v) is 1.68. The van der Waals surface area contributed by atoms with Crippen molar-refractivity contribution in [1.82, 2.24) is 4.98 Å². The van der Waals surface area contributed by atoms with E-state index in [-0.39, 0.29) is 0 Å². The van der Waals surface area contributed by atoms with Gasteiger partial charge in [-0.25, -0.2) is 0 Å². The van der Waals surface area contributed by atoms with E-state index in [0.717, 1.165) is 15.7 Å². The Morgan fingerprint density at radius 3 is 2.53 bits per heavy atom. The molecular formula is C12H11BrN2. The molecule has 0 saturated carbocycles. The van der Waals surface area contributed by atoms with Gasteiger partial charge >= 0.3 is 0 Å². The Hall–Kier alpha value is -1.35. The minimum absolute atomic E-state index is 0.613. The predicted octanol–water partition coefficient (Wildman–Crippen LogP) is 3.39. The molecule has 0 spiro atoms. The summed E-state index contributed by atoms with van der Waals surface area (Å²) in [6, 6.07) is 11.9. The monoisotopic (exact) mass is 262 g/mol. The highest BCUT2D eigenvalue weighted by molar-refractivity contribution is 9.10. The Balaban J connectivity index is 2.09. The van der Waals surface area contributed by atoms with Gasteiger partial charge in [0.2, 0.25) is 0 Å². The molecular weight excluding hydrogens is 252 g/mol. The van der Waals surface area contributed by atoms with Crippen molar-refractivity contribution in [2.24, 2.45) is 0 Å². The van der Waals surface area contributed by atoms with Gasteiger partial charge in [0.1, 0.15) is 0 Å². The van der Waals surface area contributed by atoms with Crippen LogP contribution in [0.2, 0.25) is 0 Å². The fourth-order valence-electron chi connectivity index (χ4n) is 1.42. The smallest absolute Gasteiger partial charge is 0.0595 e. The highest BCUT2D eigenvalue weighted by Gasteiger charge is 2.02. The molecule has 0 aliphatic rings. The Bertz CT molecular complexity index is 443. The summed E-state index contributed by atoms with van der Waals surface area (Å²) < 4.78 is 1.07. The quantitative estimate of drug-likeness (QED) is 0.797. The van der Waals surface area contributed by atoms with Crippen LogP contribution in [0.3, 0.4) is 0 Å². The maximum atomic E-state index is 7.89. The van der Waals surface area contributed by atoms with Crippen molar-refractivity contribution in [2.45, 2.75) is 6.42 Å². The highest BCUT2D eigenvalue weighted by atomic mass is 79.9. The Morgan fingerprint density at radius 1 is 1.20 bits per heavy atom. The van der Waals surface area contributed by atoms with E-state index >= 15 is 0 Å². The van der Waals surface area contributed by atoms with E-state index in [4.69, 9.17) is 5.41 Å². The molecule has 1 aromatic carbocycles. The maximum Gasteiger partial charge on any atom is 0.0595 e. The van der Waals surface area contributed by atoms with Crippen molar-refractivity contribution in [1.29, 1.82) is 5.41 Å². The van der Waals surface area contributed by atoms with Gasteiger partial charge in [-0.1, -0.05) is 28.1 Å².